The first-order valence-corrected chi connectivity index (χ1v) is 8.23. The van der Waals surface area contributed by atoms with Gasteiger partial charge in [0.1, 0.15) is 0 Å². The van der Waals surface area contributed by atoms with Crippen molar-refractivity contribution in [2.45, 2.75) is 39.0 Å². The molecule has 1 aliphatic rings. The van der Waals surface area contributed by atoms with Crippen LogP contribution in [0.3, 0.4) is 0 Å². The van der Waals surface area contributed by atoms with Crippen molar-refractivity contribution in [3.63, 3.8) is 0 Å². The van der Waals surface area contributed by atoms with E-state index in [1.807, 2.05) is 0 Å². The van der Waals surface area contributed by atoms with Crippen molar-refractivity contribution in [1.29, 1.82) is 0 Å². The average molecular weight is 292 g/mol. The normalized spacial score (nSPS) is 13.1. The van der Waals surface area contributed by atoms with Gasteiger partial charge in [-0.3, -0.25) is 4.99 Å². The fourth-order valence-electron chi connectivity index (χ4n) is 3.10. The van der Waals surface area contributed by atoms with E-state index in [9.17, 15) is 0 Å². The Hall–Kier alpha value is -1.93. The van der Waals surface area contributed by atoms with Gasteiger partial charge in [-0.15, -0.1) is 0 Å². The van der Waals surface area contributed by atoms with Crippen LogP contribution in [0.2, 0.25) is 0 Å². The molecule has 0 saturated carbocycles. The minimum atomic E-state index is 0.783. The van der Waals surface area contributed by atoms with Crippen molar-refractivity contribution in [2.24, 2.45) is 10.7 Å². The van der Waals surface area contributed by atoms with Gasteiger partial charge in [0.05, 0.1) is 5.69 Å². The van der Waals surface area contributed by atoms with Gasteiger partial charge in [-0.2, -0.15) is 0 Å². The summed E-state index contributed by atoms with van der Waals surface area (Å²) >= 11 is 0. The minimum absolute atomic E-state index is 0.783. The molecule has 1 aliphatic heterocycles. The summed E-state index contributed by atoms with van der Waals surface area (Å²) < 4.78 is 0. The fourth-order valence-corrected chi connectivity index (χ4v) is 3.10. The molecule has 0 atom stereocenters. The van der Waals surface area contributed by atoms with Gasteiger partial charge in [0.25, 0.3) is 0 Å². The van der Waals surface area contributed by atoms with Gasteiger partial charge < -0.3 is 5.73 Å². The Bertz CT molecular complexity index is 686. The fraction of sp³-hybridized carbons (Fsp3) is 0.350. The second kappa shape index (κ2) is 6.89. The molecule has 22 heavy (non-hydrogen) atoms. The topological polar surface area (TPSA) is 38.4 Å². The summed E-state index contributed by atoms with van der Waals surface area (Å²) in [5.74, 6) is 0. The number of rotatable bonds is 5. The molecule has 2 nitrogen and oxygen atoms in total. The first-order chi connectivity index (χ1) is 10.8. The number of fused-ring (bicyclic) bond motifs is 2. The first-order valence-electron chi connectivity index (χ1n) is 8.23. The number of aliphatic imine (C=N–C) groups is 1. The Balaban J connectivity index is 1.97. The third kappa shape index (κ3) is 3.28. The van der Waals surface area contributed by atoms with Gasteiger partial charge >= 0.3 is 0 Å². The van der Waals surface area contributed by atoms with E-state index in [-0.39, 0.29) is 0 Å². The molecule has 0 aliphatic carbocycles. The number of aryl methyl sites for hydroxylation is 1. The van der Waals surface area contributed by atoms with Crippen LogP contribution in [0.1, 0.15) is 47.9 Å². The molecular weight excluding hydrogens is 268 g/mol. The van der Waals surface area contributed by atoms with Crippen molar-refractivity contribution >= 4 is 11.4 Å². The SMILES string of the molecule is Cc1ccc2c(c1)C(CCCCCN)=Nc1ccccc1C2. The molecule has 1 heterocycles. The quantitative estimate of drug-likeness (QED) is 0.807. The van der Waals surface area contributed by atoms with Crippen molar-refractivity contribution in [1.82, 2.24) is 0 Å². The van der Waals surface area contributed by atoms with Crippen LogP contribution in [-0.4, -0.2) is 12.3 Å². The van der Waals surface area contributed by atoms with Crippen LogP contribution in [0.15, 0.2) is 47.5 Å². The molecule has 2 aromatic rings. The van der Waals surface area contributed by atoms with E-state index in [1.165, 1.54) is 34.4 Å². The van der Waals surface area contributed by atoms with E-state index in [0.29, 0.717) is 0 Å². The second-order valence-corrected chi connectivity index (χ2v) is 6.12. The third-order valence-corrected chi connectivity index (χ3v) is 4.32. The number of unbranched alkanes of at least 4 members (excludes halogenated alkanes) is 2. The third-order valence-electron chi connectivity index (χ3n) is 4.32. The van der Waals surface area contributed by atoms with E-state index in [0.717, 1.165) is 37.9 Å². The maximum atomic E-state index is 5.60. The number of benzene rings is 2. The minimum Gasteiger partial charge on any atom is -0.330 e. The number of hydrogen-bond acceptors (Lipinski definition) is 2. The highest BCUT2D eigenvalue weighted by molar-refractivity contribution is 6.04. The molecule has 0 radical (unpaired) electrons. The van der Waals surface area contributed by atoms with E-state index in [4.69, 9.17) is 10.7 Å². The predicted molar refractivity (Wildman–Crippen MR) is 94.1 cm³/mol. The Kier molecular flexibility index (Phi) is 4.69. The first kappa shape index (κ1) is 15.0. The standard InChI is InChI=1S/C20H24N2/c1-15-10-11-16-14-17-7-4-5-8-19(17)22-20(18(16)13-15)9-3-2-6-12-21/h4-5,7-8,10-11,13H,2-3,6,9,12,14,21H2,1H3. The van der Waals surface area contributed by atoms with E-state index in [2.05, 4.69) is 49.4 Å². The molecule has 0 fully saturated rings. The molecule has 2 aromatic carbocycles. The summed E-state index contributed by atoms with van der Waals surface area (Å²) in [6, 6.07) is 15.3. The lowest BCUT2D eigenvalue weighted by Gasteiger charge is -2.10. The van der Waals surface area contributed by atoms with Crippen molar-refractivity contribution in [3.8, 4) is 0 Å². The van der Waals surface area contributed by atoms with Crippen molar-refractivity contribution in [3.05, 3.63) is 64.7 Å². The van der Waals surface area contributed by atoms with Crippen LogP contribution in [0, 0.1) is 6.92 Å². The van der Waals surface area contributed by atoms with Gasteiger partial charge in [-0.1, -0.05) is 42.3 Å². The molecule has 2 heteroatoms. The summed E-state index contributed by atoms with van der Waals surface area (Å²) in [7, 11) is 0. The Morgan fingerprint density at radius 2 is 1.86 bits per heavy atom. The number of nitrogens with zero attached hydrogens (tertiary/aromatic N) is 1. The zero-order valence-electron chi connectivity index (χ0n) is 13.3. The van der Waals surface area contributed by atoms with Crippen LogP contribution in [0.5, 0.6) is 0 Å². The Labute approximate surface area is 133 Å². The molecule has 0 saturated heterocycles. The highest BCUT2D eigenvalue weighted by Gasteiger charge is 2.16. The highest BCUT2D eigenvalue weighted by atomic mass is 14.8. The van der Waals surface area contributed by atoms with Crippen LogP contribution >= 0.6 is 0 Å². The van der Waals surface area contributed by atoms with Gasteiger partial charge in [0.15, 0.2) is 0 Å². The molecule has 0 bridgehead atoms. The summed E-state index contributed by atoms with van der Waals surface area (Å²) in [4.78, 5) is 5.00. The summed E-state index contributed by atoms with van der Waals surface area (Å²) in [5, 5.41) is 0. The summed E-state index contributed by atoms with van der Waals surface area (Å²) in [6.45, 7) is 2.94. The molecule has 0 spiro atoms. The van der Waals surface area contributed by atoms with E-state index < -0.39 is 0 Å². The van der Waals surface area contributed by atoms with Gasteiger partial charge in [-0.25, -0.2) is 0 Å². The molecule has 0 amide bonds. The predicted octanol–water partition coefficient (Wildman–Crippen LogP) is 4.54. The lowest BCUT2D eigenvalue weighted by Crippen LogP contribution is -2.05. The zero-order chi connectivity index (χ0) is 15.4. The van der Waals surface area contributed by atoms with Gasteiger partial charge in [0, 0.05) is 12.1 Å². The van der Waals surface area contributed by atoms with E-state index >= 15 is 0 Å². The Morgan fingerprint density at radius 3 is 2.73 bits per heavy atom. The average Bonchev–Trinajstić information content (AvgIpc) is 2.68. The smallest absolute Gasteiger partial charge is 0.0668 e. The number of hydrogen-bond donors (Lipinski definition) is 1. The van der Waals surface area contributed by atoms with Gasteiger partial charge in [0.2, 0.25) is 0 Å². The highest BCUT2D eigenvalue weighted by Crippen LogP contribution is 2.30. The van der Waals surface area contributed by atoms with Crippen molar-refractivity contribution in [2.75, 3.05) is 6.54 Å². The Morgan fingerprint density at radius 1 is 1.00 bits per heavy atom. The van der Waals surface area contributed by atoms with E-state index in [1.54, 1.807) is 0 Å². The van der Waals surface area contributed by atoms with Crippen LogP contribution in [0.25, 0.3) is 0 Å². The molecule has 2 N–H and O–H groups in total. The molecule has 0 unspecified atom stereocenters. The molecular formula is C20H24N2. The summed E-state index contributed by atoms with van der Waals surface area (Å²) in [5.41, 5.74) is 13.3. The molecule has 3 rings (SSSR count). The zero-order valence-corrected chi connectivity index (χ0v) is 13.3. The summed E-state index contributed by atoms with van der Waals surface area (Å²) in [6.07, 6.45) is 5.45. The number of para-hydroxylation sites is 1. The molecule has 114 valence electrons. The van der Waals surface area contributed by atoms with Crippen LogP contribution < -0.4 is 5.73 Å². The maximum Gasteiger partial charge on any atom is 0.0668 e. The van der Waals surface area contributed by atoms with Gasteiger partial charge in [-0.05, 0) is 61.6 Å². The largest absolute Gasteiger partial charge is 0.330 e. The number of nitrogens with two attached hydrogens (primary N) is 1. The lowest BCUT2D eigenvalue weighted by molar-refractivity contribution is 0.705. The monoisotopic (exact) mass is 292 g/mol. The van der Waals surface area contributed by atoms with Crippen LogP contribution in [-0.2, 0) is 6.42 Å². The van der Waals surface area contributed by atoms with Crippen molar-refractivity contribution < 1.29 is 0 Å². The molecule has 0 aromatic heterocycles. The van der Waals surface area contributed by atoms with Crippen LogP contribution in [0.4, 0.5) is 5.69 Å². The maximum absolute atomic E-state index is 5.60. The second-order valence-electron chi connectivity index (χ2n) is 6.12. The lowest BCUT2D eigenvalue weighted by atomic mass is 9.94.